The number of nitrogens with two attached hydrogens (primary N) is 3. The third-order valence-corrected chi connectivity index (χ3v) is 8.29. The van der Waals surface area contributed by atoms with Crippen molar-refractivity contribution in [3.63, 3.8) is 0 Å². The summed E-state index contributed by atoms with van der Waals surface area (Å²) in [6, 6.07) is 4.23. The van der Waals surface area contributed by atoms with E-state index in [-0.39, 0.29) is 89.8 Å². The Morgan fingerprint density at radius 2 is 1.62 bits per heavy atom. The number of amides is 5. The van der Waals surface area contributed by atoms with Crippen molar-refractivity contribution in [2.75, 3.05) is 49.7 Å². The van der Waals surface area contributed by atoms with Gasteiger partial charge in [0, 0.05) is 43.6 Å². The highest BCUT2D eigenvalue weighted by Gasteiger charge is 2.25. The first kappa shape index (κ1) is 54.6. The number of primary amides is 2. The van der Waals surface area contributed by atoms with Crippen LogP contribution in [0.4, 0.5) is 22.1 Å². The van der Waals surface area contributed by atoms with Crippen LogP contribution in [-0.4, -0.2) is 107 Å². The van der Waals surface area contributed by atoms with Crippen LogP contribution in [0.5, 0.6) is 5.75 Å². The lowest BCUT2D eigenvalue weighted by Crippen LogP contribution is -2.43. The predicted molar refractivity (Wildman–Crippen MR) is 258 cm³/mol. The van der Waals surface area contributed by atoms with Gasteiger partial charge in [-0.15, -0.1) is 0 Å². The van der Waals surface area contributed by atoms with Crippen LogP contribution in [0.1, 0.15) is 89.5 Å². The number of rotatable bonds is 22. The summed E-state index contributed by atoms with van der Waals surface area (Å²) in [7, 11) is 0. The Morgan fingerprint density at radius 1 is 0.955 bits per heavy atom. The fraction of sp³-hybridized carbons (Fsp3) is 0.400. The molecule has 5 amide bonds. The highest BCUT2D eigenvalue weighted by molar-refractivity contribution is 6.47. The van der Waals surface area contributed by atoms with E-state index in [4.69, 9.17) is 26.7 Å². The normalized spacial score (nSPS) is 12.0. The number of ether oxygens (including phenoxy) is 2. The number of aliphatic imine (C=N–C) groups is 2. The zero-order valence-electron chi connectivity index (χ0n) is 39.3. The first-order chi connectivity index (χ1) is 31.2. The average molecular weight is 916 g/mol. The molecule has 3 aromatic rings. The number of carbonyl (C=O) groups excluding carboxylic acids is 5. The Morgan fingerprint density at radius 3 is 2.17 bits per heavy atom. The van der Waals surface area contributed by atoms with E-state index in [0.717, 1.165) is 0 Å². The lowest BCUT2D eigenvalue weighted by atomic mass is 10.1. The van der Waals surface area contributed by atoms with Crippen molar-refractivity contribution in [2.24, 2.45) is 27.2 Å². The van der Waals surface area contributed by atoms with Gasteiger partial charge in [-0.3, -0.25) is 44.4 Å². The summed E-state index contributed by atoms with van der Waals surface area (Å²) >= 11 is 0. The minimum Gasteiger partial charge on any atom is -0.489 e. The molecule has 0 fully saturated rings. The van der Waals surface area contributed by atoms with Crippen LogP contribution in [0.15, 0.2) is 81.9 Å². The number of hydrogen-bond donors (Lipinski definition) is 8. The molecule has 1 aromatic carbocycles. The van der Waals surface area contributed by atoms with Crippen LogP contribution in [-0.2, 0) is 20.9 Å². The molecule has 0 radical (unpaired) electrons. The van der Waals surface area contributed by atoms with Gasteiger partial charge in [0.2, 0.25) is 17.8 Å². The molecule has 2 heterocycles. The molecule has 0 aliphatic heterocycles. The van der Waals surface area contributed by atoms with E-state index in [2.05, 4.69) is 68.4 Å². The van der Waals surface area contributed by atoms with Gasteiger partial charge in [-0.1, -0.05) is 39.0 Å². The molecule has 21 nitrogen and oxygen atoms in total. The standard InChI is InChI=1S/C42H57N13O8.C3H8/c1-10-47-30(18-25(5)43)38(59)53-40-51-29-20-27(36(45)58)22-49-37(29)55(40)15-13-12-14-54(34-28(46-9)19-26(35(44)57)21-31(34)62-17-16-56)23-50-39(60)33(48-11-2)32(24(3)4)52-41(61)63-42(6,7)8;1-3-2/h12-13,18-22,48,56H,3,9-11,14-17,23,43H2,1-2,4-8H3,(H2,44,57)(H2,45,58)(H,50,60)(H,52,61)(H,51,53,59);3H2,1-2H3/b13-12+,25-18-,33-32+,47-30?;. The first-order valence-corrected chi connectivity index (χ1v) is 21.1. The van der Waals surface area contributed by atoms with E-state index in [1.165, 1.54) is 36.9 Å². The largest absolute Gasteiger partial charge is 0.489 e. The summed E-state index contributed by atoms with van der Waals surface area (Å²) in [5.41, 5.74) is 18.1. The van der Waals surface area contributed by atoms with Crippen molar-refractivity contribution in [1.82, 2.24) is 30.5 Å². The molecule has 358 valence electrons. The molecule has 0 saturated heterocycles. The molecule has 0 spiro atoms. The minimum atomic E-state index is -0.824. The summed E-state index contributed by atoms with van der Waals surface area (Å²) in [6.07, 6.45) is 6.62. The number of pyridine rings is 1. The van der Waals surface area contributed by atoms with Crippen molar-refractivity contribution in [2.45, 2.75) is 80.9 Å². The highest BCUT2D eigenvalue weighted by atomic mass is 16.6. The molecule has 0 saturated carbocycles. The number of aliphatic hydroxyl groups is 1. The second-order valence-corrected chi connectivity index (χ2v) is 15.4. The first-order valence-electron chi connectivity index (χ1n) is 21.1. The number of alkyl carbamates (subject to hydrolysis) is 1. The van der Waals surface area contributed by atoms with Crippen LogP contribution < -0.4 is 48.1 Å². The summed E-state index contributed by atoms with van der Waals surface area (Å²) in [6.45, 7) is 23.6. The number of benzene rings is 1. The van der Waals surface area contributed by atoms with E-state index < -0.39 is 35.3 Å². The Balaban J connectivity index is 0.00000485. The summed E-state index contributed by atoms with van der Waals surface area (Å²) in [4.78, 5) is 83.5. The maximum Gasteiger partial charge on any atom is 0.412 e. The smallest absolute Gasteiger partial charge is 0.412 e. The number of allylic oxidation sites excluding steroid dienone is 3. The molecule has 2 aromatic heterocycles. The quantitative estimate of drug-likeness (QED) is 0.0232. The molecule has 21 heteroatoms. The number of fused-ring (bicyclic) bond motifs is 1. The molecular weight excluding hydrogens is 851 g/mol. The third kappa shape index (κ3) is 16.5. The zero-order chi connectivity index (χ0) is 49.7. The SMILES string of the molecule is C=Nc1cc(C(N)=O)cc(OCCO)c1N(C/C=C/Cn1c(NC(=O)C(/C=C(/C)N)=NCC)nc2cc(C(N)=O)cnc21)CNC(=O)/C(NCC)=C(\NC(=O)OC(C)(C)C)C(=C)C.CCC. The maximum atomic E-state index is 14.0. The van der Waals surface area contributed by atoms with Crippen LogP contribution in [0.2, 0.25) is 0 Å². The molecular formula is C45H65N13O8. The van der Waals surface area contributed by atoms with Crippen LogP contribution in [0.3, 0.4) is 0 Å². The van der Waals surface area contributed by atoms with E-state index in [1.807, 2.05) is 0 Å². The number of hydrogen-bond acceptors (Lipinski definition) is 15. The van der Waals surface area contributed by atoms with E-state index in [0.29, 0.717) is 30.0 Å². The fourth-order valence-corrected chi connectivity index (χ4v) is 5.71. The Labute approximate surface area is 385 Å². The minimum absolute atomic E-state index is 0.00735. The Bertz CT molecular complexity index is 2370. The lowest BCUT2D eigenvalue weighted by molar-refractivity contribution is -0.118. The van der Waals surface area contributed by atoms with Gasteiger partial charge < -0.3 is 47.3 Å². The second kappa shape index (κ2) is 26.3. The van der Waals surface area contributed by atoms with Crippen molar-refractivity contribution < 1.29 is 38.6 Å². The van der Waals surface area contributed by atoms with Crippen molar-refractivity contribution >= 4 is 70.6 Å². The van der Waals surface area contributed by atoms with Gasteiger partial charge in [0.1, 0.15) is 40.6 Å². The van der Waals surface area contributed by atoms with E-state index in [1.54, 1.807) is 70.1 Å². The molecule has 66 heavy (non-hydrogen) atoms. The lowest BCUT2D eigenvalue weighted by Gasteiger charge is -2.28. The Kier molecular flexibility index (Phi) is 21.7. The average Bonchev–Trinajstić information content (AvgIpc) is 3.58. The highest BCUT2D eigenvalue weighted by Crippen LogP contribution is 2.39. The number of likely N-dealkylation sites (N-methyl/N-ethyl adjacent to an activating group) is 1. The van der Waals surface area contributed by atoms with Gasteiger partial charge >= 0.3 is 6.09 Å². The molecule has 3 rings (SSSR count). The van der Waals surface area contributed by atoms with Gasteiger partial charge in [0.25, 0.3) is 11.8 Å². The molecule has 11 N–H and O–H groups in total. The van der Waals surface area contributed by atoms with Gasteiger partial charge in [0.15, 0.2) is 5.65 Å². The molecule has 0 aliphatic rings. The van der Waals surface area contributed by atoms with Crippen molar-refractivity contribution in [1.29, 1.82) is 0 Å². The topological polar surface area (TPSA) is 309 Å². The number of aromatic nitrogens is 3. The van der Waals surface area contributed by atoms with Crippen LogP contribution in [0.25, 0.3) is 11.2 Å². The number of nitrogens with zero attached hydrogens (tertiary/aromatic N) is 6. The summed E-state index contributed by atoms with van der Waals surface area (Å²) < 4.78 is 12.9. The Hall–Kier alpha value is -7.55. The third-order valence-electron chi connectivity index (χ3n) is 8.29. The van der Waals surface area contributed by atoms with Gasteiger partial charge in [-0.2, -0.15) is 0 Å². The number of aliphatic hydroxyl groups excluding tert-OH is 1. The molecule has 0 atom stereocenters. The fourth-order valence-electron chi connectivity index (χ4n) is 5.71. The number of anilines is 2. The number of nitrogens with one attached hydrogen (secondary N) is 4. The predicted octanol–water partition coefficient (Wildman–Crippen LogP) is 4.07. The number of carbonyl (C=O) groups is 5. The molecule has 0 unspecified atom stereocenters. The van der Waals surface area contributed by atoms with Gasteiger partial charge in [0.05, 0.1) is 30.2 Å². The maximum absolute atomic E-state index is 14.0. The van der Waals surface area contributed by atoms with Crippen LogP contribution in [0, 0.1) is 0 Å². The van der Waals surface area contributed by atoms with E-state index >= 15 is 0 Å². The van der Waals surface area contributed by atoms with E-state index in [9.17, 15) is 29.1 Å². The van der Waals surface area contributed by atoms with Crippen molar-refractivity contribution in [3.05, 3.63) is 83.0 Å². The van der Waals surface area contributed by atoms with Gasteiger partial charge in [-0.05, 0) is 85.0 Å². The molecule has 0 aliphatic carbocycles. The monoisotopic (exact) mass is 916 g/mol. The number of imidazole rings is 1. The van der Waals surface area contributed by atoms with Crippen LogP contribution >= 0.6 is 0 Å². The zero-order valence-corrected chi connectivity index (χ0v) is 39.3. The summed E-state index contributed by atoms with van der Waals surface area (Å²) in [5.74, 6) is -2.58. The van der Waals surface area contributed by atoms with Crippen molar-refractivity contribution in [3.8, 4) is 5.75 Å². The van der Waals surface area contributed by atoms with Gasteiger partial charge in [-0.25, -0.2) is 14.8 Å². The second-order valence-electron chi connectivity index (χ2n) is 15.4. The summed E-state index contributed by atoms with van der Waals surface area (Å²) in [5, 5.41) is 20.9. The molecule has 0 bridgehead atoms.